The largest absolute Gasteiger partial charge is 0.465 e. The van der Waals surface area contributed by atoms with E-state index in [4.69, 9.17) is 17.0 Å². The highest BCUT2D eigenvalue weighted by Gasteiger charge is 2.27. The van der Waals surface area contributed by atoms with E-state index < -0.39 is 5.92 Å². The SMILES string of the molecule is CCOC(=O)C(C(=S)NCc1ccccc1)c1ccccn1. The molecule has 2 aromatic rings. The molecule has 1 N–H and O–H groups in total. The van der Waals surface area contributed by atoms with Crippen molar-refractivity contribution in [1.82, 2.24) is 10.3 Å². The molecule has 2 rings (SSSR count). The number of hydrogen-bond donors (Lipinski definition) is 1. The lowest BCUT2D eigenvalue weighted by Gasteiger charge is -2.17. The van der Waals surface area contributed by atoms with Gasteiger partial charge >= 0.3 is 5.97 Å². The number of hydrogen-bond acceptors (Lipinski definition) is 4. The van der Waals surface area contributed by atoms with E-state index in [2.05, 4.69) is 10.3 Å². The van der Waals surface area contributed by atoms with Gasteiger partial charge in [0.2, 0.25) is 0 Å². The molecule has 0 radical (unpaired) electrons. The van der Waals surface area contributed by atoms with Crippen molar-refractivity contribution in [2.75, 3.05) is 6.61 Å². The van der Waals surface area contributed by atoms with Gasteiger partial charge in [-0.25, -0.2) is 0 Å². The van der Waals surface area contributed by atoms with Gasteiger partial charge in [0.1, 0.15) is 5.92 Å². The number of carbonyl (C=O) groups excluding carboxylic acids is 1. The number of nitrogens with one attached hydrogen (secondary N) is 1. The highest BCUT2D eigenvalue weighted by molar-refractivity contribution is 7.80. The Bertz CT molecular complexity index is 617. The number of aromatic nitrogens is 1. The number of thiocarbonyl (C=S) groups is 1. The third-order valence-corrected chi connectivity index (χ3v) is 3.46. The van der Waals surface area contributed by atoms with Crippen LogP contribution < -0.4 is 5.32 Å². The molecule has 1 aromatic heterocycles. The second-order valence-electron chi connectivity index (χ2n) is 4.64. The molecule has 22 heavy (non-hydrogen) atoms. The van der Waals surface area contributed by atoms with Crippen LogP contribution in [0.4, 0.5) is 0 Å². The molecule has 0 spiro atoms. The molecule has 1 aromatic carbocycles. The Morgan fingerprint density at radius 1 is 1.23 bits per heavy atom. The quantitative estimate of drug-likeness (QED) is 0.656. The third-order valence-electron chi connectivity index (χ3n) is 3.08. The molecule has 0 aliphatic rings. The monoisotopic (exact) mass is 314 g/mol. The molecule has 114 valence electrons. The minimum absolute atomic E-state index is 0.309. The molecule has 0 saturated carbocycles. The fraction of sp³-hybridized carbons (Fsp3) is 0.235. The highest BCUT2D eigenvalue weighted by Crippen LogP contribution is 2.17. The summed E-state index contributed by atoms with van der Waals surface area (Å²) in [4.78, 5) is 16.9. The number of pyridine rings is 1. The van der Waals surface area contributed by atoms with E-state index in [0.717, 1.165) is 5.56 Å². The molecule has 4 nitrogen and oxygen atoms in total. The van der Waals surface area contributed by atoms with E-state index in [9.17, 15) is 4.79 Å². The van der Waals surface area contributed by atoms with Crippen LogP contribution in [-0.2, 0) is 16.1 Å². The van der Waals surface area contributed by atoms with Crippen molar-refractivity contribution in [3.8, 4) is 0 Å². The van der Waals surface area contributed by atoms with Gasteiger partial charge in [-0.05, 0) is 24.6 Å². The number of benzene rings is 1. The van der Waals surface area contributed by atoms with E-state index in [1.165, 1.54) is 0 Å². The molecule has 0 amide bonds. The molecule has 0 aliphatic carbocycles. The van der Waals surface area contributed by atoms with Gasteiger partial charge in [-0.1, -0.05) is 48.6 Å². The second-order valence-corrected chi connectivity index (χ2v) is 5.08. The maximum Gasteiger partial charge on any atom is 0.321 e. The molecule has 0 fully saturated rings. The van der Waals surface area contributed by atoms with Crippen molar-refractivity contribution in [2.45, 2.75) is 19.4 Å². The summed E-state index contributed by atoms with van der Waals surface area (Å²) in [5.74, 6) is -1.06. The highest BCUT2D eigenvalue weighted by atomic mass is 32.1. The Morgan fingerprint density at radius 3 is 2.59 bits per heavy atom. The van der Waals surface area contributed by atoms with Crippen molar-refractivity contribution in [2.24, 2.45) is 0 Å². The average molecular weight is 314 g/mol. The van der Waals surface area contributed by atoms with Crippen LogP contribution in [0.25, 0.3) is 0 Å². The number of esters is 1. The summed E-state index contributed by atoms with van der Waals surface area (Å²) in [6, 6.07) is 15.3. The molecule has 5 heteroatoms. The standard InChI is InChI=1S/C17H18N2O2S/c1-2-21-17(20)15(14-10-6-7-11-18-14)16(22)19-12-13-8-4-3-5-9-13/h3-11,15H,2,12H2,1H3,(H,19,22). The lowest BCUT2D eigenvalue weighted by molar-refractivity contribution is -0.143. The van der Waals surface area contributed by atoms with Crippen LogP contribution in [0.2, 0.25) is 0 Å². The summed E-state index contributed by atoms with van der Waals surface area (Å²) >= 11 is 5.40. The van der Waals surface area contributed by atoms with Gasteiger partial charge in [0.25, 0.3) is 0 Å². The van der Waals surface area contributed by atoms with Gasteiger partial charge in [0.05, 0.1) is 17.3 Å². The fourth-order valence-electron chi connectivity index (χ4n) is 2.02. The first kappa shape index (κ1) is 16.1. The molecule has 1 atom stereocenters. The van der Waals surface area contributed by atoms with Gasteiger partial charge in [-0.15, -0.1) is 0 Å². The number of ether oxygens (including phenoxy) is 1. The Kier molecular flexibility index (Phi) is 6.03. The minimum Gasteiger partial charge on any atom is -0.465 e. The lowest BCUT2D eigenvalue weighted by Crippen LogP contribution is -2.33. The zero-order chi connectivity index (χ0) is 15.8. The first-order valence-corrected chi connectivity index (χ1v) is 7.52. The van der Waals surface area contributed by atoms with Crippen molar-refractivity contribution in [3.05, 3.63) is 66.0 Å². The molecule has 1 unspecified atom stereocenters. The first-order valence-electron chi connectivity index (χ1n) is 7.11. The zero-order valence-corrected chi connectivity index (χ0v) is 13.2. The van der Waals surface area contributed by atoms with Gasteiger partial charge in [0.15, 0.2) is 0 Å². The van der Waals surface area contributed by atoms with Crippen LogP contribution in [-0.4, -0.2) is 22.5 Å². The van der Waals surface area contributed by atoms with Gasteiger partial charge in [0, 0.05) is 12.7 Å². The third kappa shape index (κ3) is 4.36. The smallest absolute Gasteiger partial charge is 0.321 e. The maximum atomic E-state index is 12.2. The summed E-state index contributed by atoms with van der Waals surface area (Å²) in [6.07, 6.45) is 1.64. The molecule has 0 aliphatic heterocycles. The number of rotatable bonds is 6. The summed E-state index contributed by atoms with van der Waals surface area (Å²) in [6.45, 7) is 2.64. The van der Waals surface area contributed by atoms with E-state index in [1.54, 1.807) is 25.3 Å². The maximum absolute atomic E-state index is 12.2. The topological polar surface area (TPSA) is 51.2 Å². The van der Waals surface area contributed by atoms with E-state index in [0.29, 0.717) is 23.8 Å². The summed E-state index contributed by atoms with van der Waals surface area (Å²) in [7, 11) is 0. The first-order chi connectivity index (χ1) is 10.7. The minimum atomic E-state index is -0.681. The van der Waals surface area contributed by atoms with Crippen LogP contribution in [0.3, 0.4) is 0 Å². The summed E-state index contributed by atoms with van der Waals surface area (Å²) < 4.78 is 5.13. The average Bonchev–Trinajstić information content (AvgIpc) is 2.55. The van der Waals surface area contributed by atoms with Crippen LogP contribution in [0.15, 0.2) is 54.7 Å². The van der Waals surface area contributed by atoms with Crippen molar-refractivity contribution in [1.29, 1.82) is 0 Å². The number of nitrogens with zero attached hydrogens (tertiary/aromatic N) is 1. The van der Waals surface area contributed by atoms with Crippen LogP contribution in [0, 0.1) is 0 Å². The van der Waals surface area contributed by atoms with Gasteiger partial charge in [-0.2, -0.15) is 0 Å². The Labute approximate surface area is 135 Å². The summed E-state index contributed by atoms with van der Waals surface area (Å²) in [5, 5.41) is 3.13. The van der Waals surface area contributed by atoms with Crippen molar-refractivity contribution >= 4 is 23.2 Å². The van der Waals surface area contributed by atoms with Crippen LogP contribution in [0.5, 0.6) is 0 Å². The van der Waals surface area contributed by atoms with E-state index >= 15 is 0 Å². The molecule has 0 bridgehead atoms. The van der Waals surface area contributed by atoms with Gasteiger partial charge in [-0.3, -0.25) is 9.78 Å². The Hall–Kier alpha value is -2.27. The van der Waals surface area contributed by atoms with Crippen LogP contribution in [0.1, 0.15) is 24.1 Å². The van der Waals surface area contributed by atoms with E-state index in [1.807, 2.05) is 36.4 Å². The van der Waals surface area contributed by atoms with Gasteiger partial charge < -0.3 is 10.1 Å². The predicted octanol–water partition coefficient (Wildman–Crippen LogP) is 2.85. The lowest BCUT2D eigenvalue weighted by atomic mass is 10.0. The fourth-order valence-corrected chi connectivity index (χ4v) is 2.31. The van der Waals surface area contributed by atoms with Crippen molar-refractivity contribution < 1.29 is 9.53 Å². The summed E-state index contributed by atoms with van der Waals surface area (Å²) in [5.41, 5.74) is 1.68. The molecule has 0 saturated heterocycles. The second kappa shape index (κ2) is 8.24. The zero-order valence-electron chi connectivity index (χ0n) is 12.4. The molecular weight excluding hydrogens is 296 g/mol. The van der Waals surface area contributed by atoms with Crippen molar-refractivity contribution in [3.63, 3.8) is 0 Å². The van der Waals surface area contributed by atoms with E-state index in [-0.39, 0.29) is 5.97 Å². The Balaban J connectivity index is 2.11. The Morgan fingerprint density at radius 2 is 1.95 bits per heavy atom. The van der Waals surface area contributed by atoms with Crippen LogP contribution >= 0.6 is 12.2 Å². The predicted molar refractivity (Wildman–Crippen MR) is 89.5 cm³/mol. The molecule has 1 heterocycles. The normalized spacial score (nSPS) is 11.5. The number of carbonyl (C=O) groups is 1. The molecular formula is C17H18N2O2S.